The summed E-state index contributed by atoms with van der Waals surface area (Å²) >= 11 is 0. The minimum absolute atomic E-state index is 0.259. The third-order valence-electron chi connectivity index (χ3n) is 3.64. The molecule has 0 unspecified atom stereocenters. The van der Waals surface area contributed by atoms with Gasteiger partial charge in [-0.1, -0.05) is 6.07 Å². The third kappa shape index (κ3) is 2.58. The van der Waals surface area contributed by atoms with Gasteiger partial charge < -0.3 is 15.3 Å². The zero-order chi connectivity index (χ0) is 16.7. The van der Waals surface area contributed by atoms with Crippen LogP contribution >= 0.6 is 0 Å². The number of aromatic amines is 2. The number of benzene rings is 2. The van der Waals surface area contributed by atoms with E-state index in [9.17, 15) is 13.6 Å². The predicted octanol–water partition coefficient (Wildman–Crippen LogP) is 2.69. The Morgan fingerprint density at radius 3 is 2.58 bits per heavy atom. The standard InChI is InChI=1S/C16H11F2N5O/c17-9-4-12-14(5-10(9)18)21-15(7-19-12)20-6-8-1-2-11-13(3-8)23-16(24)22-11/h1-5,7H,6H2,(H,20,21)(H2,22,23,24). The van der Waals surface area contributed by atoms with E-state index in [-0.39, 0.29) is 16.7 Å². The van der Waals surface area contributed by atoms with Crippen LogP contribution < -0.4 is 11.0 Å². The molecule has 0 saturated heterocycles. The number of nitrogens with one attached hydrogen (secondary N) is 3. The smallest absolute Gasteiger partial charge is 0.323 e. The Morgan fingerprint density at radius 2 is 1.75 bits per heavy atom. The van der Waals surface area contributed by atoms with Crippen molar-refractivity contribution in [3.8, 4) is 0 Å². The lowest BCUT2D eigenvalue weighted by atomic mass is 10.2. The number of fused-ring (bicyclic) bond motifs is 2. The summed E-state index contributed by atoms with van der Waals surface area (Å²) in [4.78, 5) is 24.9. The summed E-state index contributed by atoms with van der Waals surface area (Å²) in [5.41, 5.74) is 2.65. The number of aromatic nitrogens is 4. The second-order valence-electron chi connectivity index (χ2n) is 5.32. The van der Waals surface area contributed by atoms with E-state index in [0.29, 0.717) is 17.9 Å². The fraction of sp³-hybridized carbons (Fsp3) is 0.0625. The van der Waals surface area contributed by atoms with Crippen LogP contribution in [-0.2, 0) is 6.54 Å². The molecular weight excluding hydrogens is 316 g/mol. The van der Waals surface area contributed by atoms with Gasteiger partial charge in [-0.25, -0.2) is 18.6 Å². The molecule has 4 rings (SSSR count). The van der Waals surface area contributed by atoms with Gasteiger partial charge in [0.15, 0.2) is 11.6 Å². The molecule has 0 aliphatic heterocycles. The monoisotopic (exact) mass is 327 g/mol. The zero-order valence-electron chi connectivity index (χ0n) is 12.2. The first-order valence-corrected chi connectivity index (χ1v) is 7.15. The van der Waals surface area contributed by atoms with Crippen molar-refractivity contribution in [2.75, 3.05) is 5.32 Å². The van der Waals surface area contributed by atoms with E-state index in [1.54, 1.807) is 6.07 Å². The van der Waals surface area contributed by atoms with E-state index >= 15 is 0 Å². The van der Waals surface area contributed by atoms with Crippen LogP contribution in [0.3, 0.4) is 0 Å². The van der Waals surface area contributed by atoms with E-state index in [4.69, 9.17) is 0 Å². The molecule has 24 heavy (non-hydrogen) atoms. The van der Waals surface area contributed by atoms with Crippen molar-refractivity contribution in [3.63, 3.8) is 0 Å². The summed E-state index contributed by atoms with van der Waals surface area (Å²) < 4.78 is 26.4. The van der Waals surface area contributed by atoms with Crippen molar-refractivity contribution < 1.29 is 8.78 Å². The zero-order valence-corrected chi connectivity index (χ0v) is 12.2. The first kappa shape index (κ1) is 14.3. The average molecular weight is 327 g/mol. The second-order valence-corrected chi connectivity index (χ2v) is 5.32. The molecule has 2 aromatic carbocycles. The first-order chi connectivity index (χ1) is 11.6. The Hall–Kier alpha value is -3.29. The van der Waals surface area contributed by atoms with Crippen LogP contribution in [-0.4, -0.2) is 19.9 Å². The SMILES string of the molecule is O=c1[nH]c2ccc(CNc3cnc4cc(F)c(F)cc4n3)cc2[nH]1. The number of nitrogens with zero attached hydrogens (tertiary/aromatic N) is 2. The molecular formula is C16H11F2N5O. The van der Waals surface area contributed by atoms with Gasteiger partial charge in [-0.2, -0.15) is 0 Å². The molecule has 8 heteroatoms. The number of hydrogen-bond acceptors (Lipinski definition) is 4. The van der Waals surface area contributed by atoms with Gasteiger partial charge in [0, 0.05) is 18.7 Å². The highest BCUT2D eigenvalue weighted by atomic mass is 19.2. The van der Waals surface area contributed by atoms with Gasteiger partial charge in [-0.15, -0.1) is 0 Å². The number of anilines is 1. The van der Waals surface area contributed by atoms with Crippen LogP contribution in [0.25, 0.3) is 22.1 Å². The van der Waals surface area contributed by atoms with Crippen molar-refractivity contribution in [2.24, 2.45) is 0 Å². The van der Waals surface area contributed by atoms with Crippen molar-refractivity contribution >= 4 is 27.9 Å². The molecule has 0 radical (unpaired) electrons. The lowest BCUT2D eigenvalue weighted by Gasteiger charge is -2.07. The Morgan fingerprint density at radius 1 is 1.00 bits per heavy atom. The van der Waals surface area contributed by atoms with Gasteiger partial charge in [0.05, 0.1) is 28.3 Å². The summed E-state index contributed by atoms with van der Waals surface area (Å²) in [7, 11) is 0. The highest BCUT2D eigenvalue weighted by molar-refractivity contribution is 5.76. The summed E-state index contributed by atoms with van der Waals surface area (Å²) in [6, 6.07) is 7.53. The minimum atomic E-state index is -0.962. The van der Waals surface area contributed by atoms with Gasteiger partial charge in [0.1, 0.15) is 5.82 Å². The van der Waals surface area contributed by atoms with E-state index in [0.717, 1.165) is 23.2 Å². The van der Waals surface area contributed by atoms with Crippen LogP contribution in [0.2, 0.25) is 0 Å². The minimum Gasteiger partial charge on any atom is -0.365 e. The Balaban J connectivity index is 1.58. The van der Waals surface area contributed by atoms with Crippen molar-refractivity contribution in [1.82, 2.24) is 19.9 Å². The first-order valence-electron chi connectivity index (χ1n) is 7.15. The fourth-order valence-electron chi connectivity index (χ4n) is 2.48. The largest absolute Gasteiger partial charge is 0.365 e. The molecule has 0 aliphatic rings. The molecule has 3 N–H and O–H groups in total. The summed E-state index contributed by atoms with van der Waals surface area (Å²) in [5.74, 6) is -1.47. The summed E-state index contributed by atoms with van der Waals surface area (Å²) in [6.45, 7) is 0.438. The number of H-pyrrole nitrogens is 2. The molecule has 2 heterocycles. The summed E-state index contributed by atoms with van der Waals surface area (Å²) in [5, 5.41) is 3.07. The second kappa shape index (κ2) is 5.41. The van der Waals surface area contributed by atoms with Gasteiger partial charge in [0.2, 0.25) is 0 Å². The molecule has 0 fully saturated rings. The maximum Gasteiger partial charge on any atom is 0.323 e. The van der Waals surface area contributed by atoms with Gasteiger partial charge in [0.25, 0.3) is 0 Å². The fourth-order valence-corrected chi connectivity index (χ4v) is 2.48. The highest BCUT2D eigenvalue weighted by Gasteiger charge is 2.07. The van der Waals surface area contributed by atoms with Gasteiger partial charge in [-0.05, 0) is 17.7 Å². The van der Waals surface area contributed by atoms with Gasteiger partial charge >= 0.3 is 5.69 Å². The highest BCUT2D eigenvalue weighted by Crippen LogP contribution is 2.17. The number of imidazole rings is 1. The topological polar surface area (TPSA) is 86.5 Å². The molecule has 0 amide bonds. The molecule has 4 aromatic rings. The Labute approximate surface area is 133 Å². The third-order valence-corrected chi connectivity index (χ3v) is 3.64. The lowest BCUT2D eigenvalue weighted by Crippen LogP contribution is -2.02. The summed E-state index contributed by atoms with van der Waals surface area (Å²) in [6.07, 6.45) is 1.45. The maximum atomic E-state index is 13.3. The Kier molecular flexibility index (Phi) is 3.23. The van der Waals surface area contributed by atoms with Crippen molar-refractivity contribution in [3.05, 3.63) is 64.2 Å². The van der Waals surface area contributed by atoms with Crippen LogP contribution in [0.4, 0.5) is 14.6 Å². The van der Waals surface area contributed by atoms with Crippen LogP contribution in [0.5, 0.6) is 0 Å². The van der Waals surface area contributed by atoms with Gasteiger partial charge in [-0.3, -0.25) is 4.98 Å². The quantitative estimate of drug-likeness (QED) is 0.540. The van der Waals surface area contributed by atoms with E-state index < -0.39 is 11.6 Å². The normalized spacial score (nSPS) is 11.2. The van der Waals surface area contributed by atoms with Crippen molar-refractivity contribution in [2.45, 2.75) is 6.54 Å². The molecule has 0 saturated carbocycles. The van der Waals surface area contributed by atoms with E-state index in [2.05, 4.69) is 25.3 Å². The maximum absolute atomic E-state index is 13.3. The number of rotatable bonds is 3. The van der Waals surface area contributed by atoms with Crippen LogP contribution in [0.1, 0.15) is 5.56 Å². The number of halogens is 2. The van der Waals surface area contributed by atoms with E-state index in [1.165, 1.54) is 6.20 Å². The lowest BCUT2D eigenvalue weighted by molar-refractivity contribution is 0.510. The Bertz CT molecular complexity index is 1120. The molecule has 6 nitrogen and oxygen atoms in total. The van der Waals surface area contributed by atoms with Crippen LogP contribution in [0, 0.1) is 11.6 Å². The molecule has 120 valence electrons. The van der Waals surface area contributed by atoms with E-state index in [1.807, 2.05) is 12.1 Å². The number of hydrogen-bond donors (Lipinski definition) is 3. The van der Waals surface area contributed by atoms with Crippen LogP contribution in [0.15, 0.2) is 41.3 Å². The molecule has 0 bridgehead atoms. The molecule has 0 spiro atoms. The predicted molar refractivity (Wildman–Crippen MR) is 85.7 cm³/mol. The molecule has 2 aromatic heterocycles. The molecule has 0 atom stereocenters. The molecule has 0 aliphatic carbocycles. The average Bonchev–Trinajstić information content (AvgIpc) is 2.93. The van der Waals surface area contributed by atoms with Crippen molar-refractivity contribution in [1.29, 1.82) is 0 Å².